The van der Waals surface area contributed by atoms with E-state index in [4.69, 9.17) is 15.4 Å². The van der Waals surface area contributed by atoms with Crippen LogP contribution in [0.15, 0.2) is 4.52 Å². The zero-order valence-electron chi connectivity index (χ0n) is 7.06. The normalized spacial score (nSPS) is 13.0. The van der Waals surface area contributed by atoms with Crippen LogP contribution < -0.4 is 10.6 Å². The van der Waals surface area contributed by atoms with Gasteiger partial charge in [-0.3, -0.25) is 0 Å². The zero-order chi connectivity index (χ0) is 9.14. The topological polar surface area (TPSA) is 88.4 Å². The lowest BCUT2D eigenvalue weighted by molar-refractivity contribution is 0.237. The number of aliphatic hydroxyl groups is 1. The molecule has 0 saturated carbocycles. The van der Waals surface area contributed by atoms with Crippen molar-refractivity contribution in [2.75, 3.05) is 25.6 Å². The van der Waals surface area contributed by atoms with Crippen LogP contribution >= 0.6 is 0 Å². The van der Waals surface area contributed by atoms with Crippen LogP contribution in [0.3, 0.4) is 0 Å². The molecule has 1 aromatic rings. The average Bonchev–Trinajstić information content (AvgIpc) is 2.51. The molecule has 1 heterocycles. The molecule has 68 valence electrons. The molecule has 0 aliphatic carbocycles. The minimum atomic E-state index is -0.591. The fraction of sp³-hybridized carbons (Fsp3) is 0.667. The van der Waals surface area contributed by atoms with Gasteiger partial charge in [-0.1, -0.05) is 0 Å². The Hall–Kier alpha value is -1.14. The maximum absolute atomic E-state index is 8.67. The summed E-state index contributed by atoms with van der Waals surface area (Å²) in [4.78, 5) is 5.64. The van der Waals surface area contributed by atoms with Crippen LogP contribution in [0.5, 0.6) is 0 Å². The fourth-order valence-electron chi connectivity index (χ4n) is 0.637. The van der Waals surface area contributed by atoms with E-state index in [1.54, 1.807) is 19.0 Å². The third-order valence-electron chi connectivity index (χ3n) is 1.34. The molecule has 0 saturated heterocycles. The Bertz CT molecular complexity index is 247. The summed E-state index contributed by atoms with van der Waals surface area (Å²) in [7, 11) is 3.58. The lowest BCUT2D eigenvalue weighted by Gasteiger charge is -2.03. The highest BCUT2D eigenvalue weighted by Gasteiger charge is 2.13. The van der Waals surface area contributed by atoms with E-state index in [0.29, 0.717) is 5.95 Å². The molecule has 0 aliphatic rings. The molecular weight excluding hydrogens is 160 g/mol. The predicted molar refractivity (Wildman–Crippen MR) is 42.6 cm³/mol. The summed E-state index contributed by atoms with van der Waals surface area (Å²) in [5.74, 6) is 0.704. The second-order valence-electron chi connectivity index (χ2n) is 2.62. The molecule has 6 nitrogen and oxygen atoms in total. The number of nitrogens with zero attached hydrogens (tertiary/aromatic N) is 3. The Morgan fingerprint density at radius 3 is 2.75 bits per heavy atom. The minimum Gasteiger partial charge on any atom is -0.394 e. The fourth-order valence-corrected chi connectivity index (χ4v) is 0.637. The monoisotopic (exact) mass is 172 g/mol. The lowest BCUT2D eigenvalue weighted by atomic mass is 10.3. The van der Waals surface area contributed by atoms with Crippen LogP contribution in [0.25, 0.3) is 0 Å². The SMILES string of the molecule is CN(C)c1noc(C(N)CO)n1. The van der Waals surface area contributed by atoms with Gasteiger partial charge in [0.1, 0.15) is 6.04 Å². The third kappa shape index (κ3) is 1.72. The van der Waals surface area contributed by atoms with Gasteiger partial charge < -0.3 is 20.3 Å². The number of rotatable bonds is 3. The van der Waals surface area contributed by atoms with Crippen molar-refractivity contribution in [2.24, 2.45) is 5.73 Å². The van der Waals surface area contributed by atoms with E-state index in [9.17, 15) is 0 Å². The van der Waals surface area contributed by atoms with E-state index in [2.05, 4.69) is 10.1 Å². The highest BCUT2D eigenvalue weighted by atomic mass is 16.5. The molecule has 0 radical (unpaired) electrons. The van der Waals surface area contributed by atoms with Crippen molar-refractivity contribution >= 4 is 5.95 Å². The van der Waals surface area contributed by atoms with Gasteiger partial charge in [0.15, 0.2) is 0 Å². The number of hydrogen-bond acceptors (Lipinski definition) is 6. The first-order valence-corrected chi connectivity index (χ1v) is 3.52. The summed E-state index contributed by atoms with van der Waals surface area (Å²) in [6.45, 7) is -0.199. The first-order chi connectivity index (χ1) is 5.65. The van der Waals surface area contributed by atoms with Gasteiger partial charge >= 0.3 is 0 Å². The maximum atomic E-state index is 8.67. The van der Waals surface area contributed by atoms with Crippen LogP contribution in [0, 0.1) is 0 Å². The predicted octanol–water partition coefficient (Wildman–Crippen LogP) is -0.872. The molecule has 12 heavy (non-hydrogen) atoms. The van der Waals surface area contributed by atoms with Crippen LogP contribution in [0.2, 0.25) is 0 Å². The molecule has 1 rings (SSSR count). The largest absolute Gasteiger partial charge is 0.394 e. The molecule has 0 spiro atoms. The summed E-state index contributed by atoms with van der Waals surface area (Å²) in [6.07, 6.45) is 0. The number of nitrogens with two attached hydrogens (primary N) is 1. The second kappa shape index (κ2) is 3.51. The summed E-state index contributed by atoms with van der Waals surface area (Å²) >= 11 is 0. The van der Waals surface area contributed by atoms with E-state index in [0.717, 1.165) is 0 Å². The standard InChI is InChI=1S/C6H12N4O2/c1-10(2)6-8-5(12-9-6)4(7)3-11/h4,11H,3,7H2,1-2H3. The number of hydrogen-bond donors (Lipinski definition) is 2. The van der Waals surface area contributed by atoms with E-state index in [1.165, 1.54) is 0 Å². The number of aliphatic hydroxyl groups excluding tert-OH is 1. The molecule has 6 heteroatoms. The van der Waals surface area contributed by atoms with Crippen LogP contribution in [0.4, 0.5) is 5.95 Å². The second-order valence-corrected chi connectivity index (χ2v) is 2.62. The van der Waals surface area contributed by atoms with Crippen molar-refractivity contribution in [1.29, 1.82) is 0 Å². The summed E-state index contributed by atoms with van der Waals surface area (Å²) < 4.78 is 4.79. The Labute approximate surface area is 70.0 Å². The Balaban J connectivity index is 2.77. The van der Waals surface area contributed by atoms with E-state index < -0.39 is 6.04 Å². The first-order valence-electron chi connectivity index (χ1n) is 3.52. The summed E-state index contributed by atoms with van der Waals surface area (Å²) in [5, 5.41) is 12.3. The van der Waals surface area contributed by atoms with E-state index in [1.807, 2.05) is 0 Å². The molecule has 0 amide bonds. The molecule has 0 aromatic carbocycles. The van der Waals surface area contributed by atoms with Gasteiger partial charge in [-0.25, -0.2) is 0 Å². The van der Waals surface area contributed by atoms with Crippen molar-refractivity contribution in [3.05, 3.63) is 5.89 Å². The highest BCUT2D eigenvalue weighted by Crippen LogP contribution is 2.10. The minimum absolute atomic E-state index is 0.199. The average molecular weight is 172 g/mol. The van der Waals surface area contributed by atoms with E-state index in [-0.39, 0.29) is 12.5 Å². The van der Waals surface area contributed by atoms with Crippen LogP contribution in [-0.2, 0) is 0 Å². The van der Waals surface area contributed by atoms with Gasteiger partial charge in [0.25, 0.3) is 5.95 Å². The van der Waals surface area contributed by atoms with Crippen molar-refractivity contribution in [1.82, 2.24) is 10.1 Å². The zero-order valence-corrected chi connectivity index (χ0v) is 7.06. The highest BCUT2D eigenvalue weighted by molar-refractivity contribution is 5.23. The smallest absolute Gasteiger partial charge is 0.265 e. The lowest BCUT2D eigenvalue weighted by Crippen LogP contribution is -2.15. The van der Waals surface area contributed by atoms with E-state index >= 15 is 0 Å². The Morgan fingerprint density at radius 2 is 2.33 bits per heavy atom. The molecule has 0 bridgehead atoms. The van der Waals surface area contributed by atoms with Crippen molar-refractivity contribution < 1.29 is 9.63 Å². The Morgan fingerprint density at radius 1 is 1.67 bits per heavy atom. The molecule has 1 unspecified atom stereocenters. The van der Waals surface area contributed by atoms with Crippen molar-refractivity contribution in [3.63, 3.8) is 0 Å². The van der Waals surface area contributed by atoms with Gasteiger partial charge in [-0.15, -0.1) is 0 Å². The molecule has 1 aromatic heterocycles. The van der Waals surface area contributed by atoms with Gasteiger partial charge in [0.05, 0.1) is 6.61 Å². The maximum Gasteiger partial charge on any atom is 0.265 e. The van der Waals surface area contributed by atoms with Crippen LogP contribution in [-0.4, -0.2) is 35.9 Å². The summed E-state index contributed by atoms with van der Waals surface area (Å²) in [6, 6.07) is -0.591. The molecule has 3 N–H and O–H groups in total. The number of anilines is 1. The van der Waals surface area contributed by atoms with Crippen molar-refractivity contribution in [2.45, 2.75) is 6.04 Å². The summed E-state index contributed by atoms with van der Waals surface area (Å²) in [5.41, 5.74) is 5.44. The first kappa shape index (κ1) is 8.95. The van der Waals surface area contributed by atoms with Gasteiger partial charge in [0.2, 0.25) is 5.89 Å². The Kier molecular flexibility index (Phi) is 2.61. The van der Waals surface area contributed by atoms with Crippen LogP contribution in [0.1, 0.15) is 11.9 Å². The quantitative estimate of drug-likeness (QED) is 0.616. The third-order valence-corrected chi connectivity index (χ3v) is 1.34. The molecule has 0 aliphatic heterocycles. The van der Waals surface area contributed by atoms with Gasteiger partial charge in [0, 0.05) is 14.1 Å². The van der Waals surface area contributed by atoms with Crippen molar-refractivity contribution in [3.8, 4) is 0 Å². The van der Waals surface area contributed by atoms with Gasteiger partial charge in [-0.05, 0) is 5.16 Å². The molecule has 1 atom stereocenters. The van der Waals surface area contributed by atoms with Gasteiger partial charge in [-0.2, -0.15) is 4.98 Å². The molecular formula is C6H12N4O2. The number of aromatic nitrogens is 2. The molecule has 0 fully saturated rings.